The number of hydrogen-bond acceptors (Lipinski definition) is 6. The molecule has 2 aromatic heterocycles. The predicted molar refractivity (Wildman–Crippen MR) is 120 cm³/mol. The summed E-state index contributed by atoms with van der Waals surface area (Å²) in [6.45, 7) is 6.45. The maximum absolute atomic E-state index is 13.4. The van der Waals surface area contributed by atoms with Crippen molar-refractivity contribution in [2.24, 2.45) is 0 Å². The zero-order valence-corrected chi connectivity index (χ0v) is 18.7. The Morgan fingerprint density at radius 1 is 1.33 bits per heavy atom. The Hall–Kier alpha value is -2.45. The van der Waals surface area contributed by atoms with Crippen molar-refractivity contribution in [3.05, 3.63) is 69.5 Å². The third kappa shape index (κ3) is 4.49. The minimum atomic E-state index is -0.138. The fourth-order valence-corrected chi connectivity index (χ4v) is 5.44. The second kappa shape index (κ2) is 8.73. The van der Waals surface area contributed by atoms with E-state index in [1.54, 1.807) is 28.7 Å². The van der Waals surface area contributed by atoms with E-state index in [2.05, 4.69) is 18.3 Å². The summed E-state index contributed by atoms with van der Waals surface area (Å²) in [5.74, 6) is 0.724. The van der Waals surface area contributed by atoms with Crippen molar-refractivity contribution < 1.29 is 9.21 Å². The van der Waals surface area contributed by atoms with Crippen LogP contribution in [0.25, 0.3) is 5.69 Å². The molecular weight excluding hydrogens is 418 g/mol. The monoisotopic (exact) mass is 441 g/mol. The van der Waals surface area contributed by atoms with Gasteiger partial charge in [-0.05, 0) is 49.2 Å². The molecule has 6 nitrogen and oxygen atoms in total. The Morgan fingerprint density at radius 3 is 2.80 bits per heavy atom. The average molecular weight is 442 g/mol. The number of thioether (sulfide) groups is 2. The molecule has 8 heteroatoms. The Labute approximate surface area is 183 Å². The zero-order valence-electron chi connectivity index (χ0n) is 17.1. The number of nitrogens with zero attached hydrogens (tertiary/aromatic N) is 2. The summed E-state index contributed by atoms with van der Waals surface area (Å²) in [4.78, 5) is 31.2. The topological polar surface area (TPSA) is 77.1 Å². The van der Waals surface area contributed by atoms with Crippen LogP contribution in [0, 0.1) is 13.8 Å². The Bertz CT molecular complexity index is 1120. The normalized spacial score (nSPS) is 15.2. The lowest BCUT2D eigenvalue weighted by Gasteiger charge is -2.15. The lowest BCUT2D eigenvalue weighted by Crippen LogP contribution is -2.27. The molecule has 30 heavy (non-hydrogen) atoms. The SMILES string of the molecule is Cc1cc(C)cc(-n2c(SCC(=O)NCc3ccco3)nc3c(c2=O)S[C@@H](C)C3)c1. The number of aromatic nitrogens is 2. The van der Waals surface area contributed by atoms with Crippen LogP contribution >= 0.6 is 23.5 Å². The van der Waals surface area contributed by atoms with E-state index in [0.717, 1.165) is 28.9 Å². The number of furan rings is 1. The molecule has 1 aromatic carbocycles. The van der Waals surface area contributed by atoms with E-state index in [1.165, 1.54) is 11.8 Å². The number of amides is 1. The first kappa shape index (κ1) is 20.8. The highest BCUT2D eigenvalue weighted by Crippen LogP contribution is 2.35. The number of nitrogens with one attached hydrogen (secondary N) is 1. The summed E-state index contributed by atoms with van der Waals surface area (Å²) in [6, 6.07) is 9.62. The predicted octanol–water partition coefficient (Wildman–Crippen LogP) is 3.89. The number of fused-ring (bicyclic) bond motifs is 1. The average Bonchev–Trinajstić information content (AvgIpc) is 3.33. The second-order valence-corrected chi connectivity index (χ2v) is 9.83. The van der Waals surface area contributed by atoms with Crippen LogP contribution < -0.4 is 10.9 Å². The van der Waals surface area contributed by atoms with Gasteiger partial charge in [-0.15, -0.1) is 11.8 Å². The van der Waals surface area contributed by atoms with Crippen LogP contribution in [-0.2, 0) is 17.8 Å². The molecular formula is C22H23N3O3S2. The molecule has 156 valence electrons. The molecule has 1 amide bonds. The van der Waals surface area contributed by atoms with E-state index >= 15 is 0 Å². The van der Waals surface area contributed by atoms with Crippen LogP contribution in [0.15, 0.2) is 55.9 Å². The van der Waals surface area contributed by atoms with Crippen LogP contribution in [-0.4, -0.2) is 26.5 Å². The zero-order chi connectivity index (χ0) is 21.3. The first-order valence-corrected chi connectivity index (χ1v) is 11.6. The van der Waals surface area contributed by atoms with Crippen molar-refractivity contribution in [3.63, 3.8) is 0 Å². The quantitative estimate of drug-likeness (QED) is 0.462. The highest BCUT2D eigenvalue weighted by atomic mass is 32.2. The lowest BCUT2D eigenvalue weighted by atomic mass is 10.1. The van der Waals surface area contributed by atoms with Gasteiger partial charge < -0.3 is 9.73 Å². The number of carbonyl (C=O) groups excluding carboxylic acids is 1. The molecule has 3 heterocycles. The summed E-state index contributed by atoms with van der Waals surface area (Å²) >= 11 is 2.86. The van der Waals surface area contributed by atoms with Crippen molar-refractivity contribution in [2.45, 2.75) is 49.0 Å². The first-order chi connectivity index (χ1) is 14.4. The van der Waals surface area contributed by atoms with Gasteiger partial charge in [-0.25, -0.2) is 4.98 Å². The van der Waals surface area contributed by atoms with E-state index in [0.29, 0.717) is 27.6 Å². The van der Waals surface area contributed by atoms with Gasteiger partial charge in [0.25, 0.3) is 5.56 Å². The number of aryl methyl sites for hydroxylation is 2. The molecule has 1 aliphatic rings. The minimum absolute atomic E-state index is 0.0576. The fraction of sp³-hybridized carbons (Fsp3) is 0.318. The van der Waals surface area contributed by atoms with Crippen molar-refractivity contribution in [3.8, 4) is 5.69 Å². The fourth-order valence-electron chi connectivity index (χ4n) is 3.48. The third-order valence-electron chi connectivity index (χ3n) is 4.72. The number of rotatable bonds is 6. The van der Waals surface area contributed by atoms with Gasteiger partial charge in [-0.2, -0.15) is 0 Å². The lowest BCUT2D eigenvalue weighted by molar-refractivity contribution is -0.118. The van der Waals surface area contributed by atoms with Crippen LogP contribution in [0.3, 0.4) is 0 Å². The molecule has 0 radical (unpaired) electrons. The summed E-state index contributed by atoms with van der Waals surface area (Å²) in [7, 11) is 0. The van der Waals surface area contributed by atoms with Gasteiger partial charge in [0.15, 0.2) is 5.16 Å². The Balaban J connectivity index is 1.63. The molecule has 0 spiro atoms. The summed E-state index contributed by atoms with van der Waals surface area (Å²) < 4.78 is 6.89. The van der Waals surface area contributed by atoms with Crippen molar-refractivity contribution in [1.82, 2.24) is 14.9 Å². The van der Waals surface area contributed by atoms with Crippen molar-refractivity contribution >= 4 is 29.4 Å². The van der Waals surface area contributed by atoms with Gasteiger partial charge in [-0.3, -0.25) is 14.2 Å². The van der Waals surface area contributed by atoms with Crippen molar-refractivity contribution in [1.29, 1.82) is 0 Å². The minimum Gasteiger partial charge on any atom is -0.467 e. The van der Waals surface area contributed by atoms with Gasteiger partial charge in [-0.1, -0.05) is 24.8 Å². The summed E-state index contributed by atoms with van der Waals surface area (Å²) in [5.41, 5.74) is 3.71. The molecule has 0 fully saturated rings. The first-order valence-electron chi connectivity index (χ1n) is 9.74. The van der Waals surface area contributed by atoms with Gasteiger partial charge >= 0.3 is 0 Å². The number of hydrogen-bond donors (Lipinski definition) is 1. The van der Waals surface area contributed by atoms with Gasteiger partial charge in [0.1, 0.15) is 5.76 Å². The third-order valence-corrected chi connectivity index (χ3v) is 6.87. The molecule has 1 aliphatic heterocycles. The van der Waals surface area contributed by atoms with E-state index in [9.17, 15) is 9.59 Å². The largest absolute Gasteiger partial charge is 0.467 e. The summed E-state index contributed by atoms with van der Waals surface area (Å²) in [6.07, 6.45) is 2.34. The van der Waals surface area contributed by atoms with Crippen LogP contribution in [0.1, 0.15) is 29.5 Å². The maximum atomic E-state index is 13.4. The second-order valence-electron chi connectivity index (χ2n) is 7.43. The Morgan fingerprint density at radius 2 is 2.10 bits per heavy atom. The molecule has 0 saturated heterocycles. The van der Waals surface area contributed by atoms with E-state index in [4.69, 9.17) is 9.40 Å². The Kier molecular flexibility index (Phi) is 6.06. The van der Waals surface area contributed by atoms with Crippen LogP contribution in [0.4, 0.5) is 0 Å². The molecule has 1 N–H and O–H groups in total. The van der Waals surface area contributed by atoms with Crippen LogP contribution in [0.5, 0.6) is 0 Å². The van der Waals surface area contributed by atoms with E-state index in [1.807, 2.05) is 32.0 Å². The van der Waals surface area contributed by atoms with Gasteiger partial charge in [0.05, 0.1) is 34.8 Å². The molecule has 4 rings (SSSR count). The molecule has 3 aromatic rings. The highest BCUT2D eigenvalue weighted by Gasteiger charge is 2.27. The van der Waals surface area contributed by atoms with Gasteiger partial charge in [0.2, 0.25) is 5.91 Å². The van der Waals surface area contributed by atoms with Gasteiger partial charge in [0, 0.05) is 11.7 Å². The highest BCUT2D eigenvalue weighted by molar-refractivity contribution is 8.00. The van der Waals surface area contributed by atoms with E-state index in [-0.39, 0.29) is 17.2 Å². The number of benzene rings is 1. The number of carbonyl (C=O) groups is 1. The standard InChI is InChI=1S/C22H23N3O3S2/c1-13-7-14(2)9-16(8-13)25-21(27)20-18(10-15(3)30-20)24-22(25)29-12-19(26)23-11-17-5-4-6-28-17/h4-9,15H,10-12H2,1-3H3,(H,23,26)/t15-/m0/s1. The van der Waals surface area contributed by atoms with Crippen LogP contribution in [0.2, 0.25) is 0 Å². The molecule has 1 atom stereocenters. The molecule has 0 bridgehead atoms. The summed E-state index contributed by atoms with van der Waals surface area (Å²) in [5, 5.41) is 3.71. The molecule has 0 unspecified atom stereocenters. The van der Waals surface area contributed by atoms with Crippen molar-refractivity contribution in [2.75, 3.05) is 5.75 Å². The maximum Gasteiger partial charge on any atom is 0.272 e. The van der Waals surface area contributed by atoms with E-state index < -0.39 is 0 Å². The molecule has 0 saturated carbocycles. The smallest absolute Gasteiger partial charge is 0.272 e. The molecule has 0 aliphatic carbocycles.